The number of aromatic nitrogens is 2. The fourth-order valence-electron chi connectivity index (χ4n) is 2.77. The van der Waals surface area contributed by atoms with Crippen molar-refractivity contribution < 1.29 is 9.32 Å². The lowest BCUT2D eigenvalue weighted by Crippen LogP contribution is -2.40. The molecule has 110 valence electrons. The highest BCUT2D eigenvalue weighted by atomic mass is 16.5. The summed E-state index contributed by atoms with van der Waals surface area (Å²) in [7, 11) is 0. The van der Waals surface area contributed by atoms with E-state index in [4.69, 9.17) is 4.52 Å². The molecule has 1 amide bonds. The van der Waals surface area contributed by atoms with Crippen molar-refractivity contribution in [3.05, 3.63) is 47.6 Å². The molecule has 0 spiro atoms. The van der Waals surface area contributed by atoms with Crippen LogP contribution in [0.15, 0.2) is 34.9 Å². The summed E-state index contributed by atoms with van der Waals surface area (Å²) in [6, 6.07) is 9.86. The summed E-state index contributed by atoms with van der Waals surface area (Å²) in [5.41, 5.74) is 1.05. The average molecular weight is 285 g/mol. The molecule has 0 aliphatic carbocycles. The van der Waals surface area contributed by atoms with Crippen molar-refractivity contribution in [3.8, 4) is 0 Å². The van der Waals surface area contributed by atoms with Gasteiger partial charge in [0.1, 0.15) is 0 Å². The molecule has 0 radical (unpaired) electrons. The van der Waals surface area contributed by atoms with Crippen LogP contribution in [0.4, 0.5) is 0 Å². The third kappa shape index (κ3) is 3.29. The summed E-state index contributed by atoms with van der Waals surface area (Å²) in [5.74, 6) is 1.64. The summed E-state index contributed by atoms with van der Waals surface area (Å²) >= 11 is 0. The molecule has 5 heteroatoms. The number of nitrogens with zero attached hydrogens (tertiary/aromatic N) is 3. The number of hydrogen-bond donors (Lipinski definition) is 0. The van der Waals surface area contributed by atoms with Crippen LogP contribution in [-0.2, 0) is 11.2 Å². The molecule has 1 aromatic carbocycles. The van der Waals surface area contributed by atoms with Crippen molar-refractivity contribution in [2.75, 3.05) is 13.1 Å². The molecule has 3 rings (SSSR count). The number of benzene rings is 1. The van der Waals surface area contributed by atoms with Gasteiger partial charge in [-0.1, -0.05) is 35.5 Å². The molecule has 0 N–H and O–H groups in total. The second kappa shape index (κ2) is 6.08. The molecule has 21 heavy (non-hydrogen) atoms. The van der Waals surface area contributed by atoms with E-state index in [1.165, 1.54) is 0 Å². The Balaban J connectivity index is 1.64. The van der Waals surface area contributed by atoms with E-state index >= 15 is 0 Å². The van der Waals surface area contributed by atoms with Crippen molar-refractivity contribution in [1.82, 2.24) is 15.0 Å². The number of carbonyl (C=O) groups excluding carboxylic acids is 1. The molecule has 1 aliphatic heterocycles. The largest absolute Gasteiger partial charge is 0.342 e. The van der Waals surface area contributed by atoms with Crippen LogP contribution in [0.2, 0.25) is 0 Å². The highest BCUT2D eigenvalue weighted by Gasteiger charge is 2.28. The Morgan fingerprint density at radius 3 is 2.90 bits per heavy atom. The molecule has 2 heterocycles. The van der Waals surface area contributed by atoms with Crippen LogP contribution in [0.1, 0.15) is 36.0 Å². The summed E-state index contributed by atoms with van der Waals surface area (Å²) in [5, 5.41) is 3.84. The lowest BCUT2D eigenvalue weighted by atomic mass is 9.97. The monoisotopic (exact) mass is 285 g/mol. The van der Waals surface area contributed by atoms with Crippen LogP contribution in [-0.4, -0.2) is 34.0 Å². The van der Waals surface area contributed by atoms with Gasteiger partial charge in [-0.05, 0) is 25.3 Å². The van der Waals surface area contributed by atoms with Crippen molar-refractivity contribution in [3.63, 3.8) is 0 Å². The van der Waals surface area contributed by atoms with Gasteiger partial charge >= 0.3 is 0 Å². The number of likely N-dealkylation sites (tertiary alicyclic amines) is 1. The molecule has 0 bridgehead atoms. The number of carbonyl (C=O) groups is 1. The first-order valence-corrected chi connectivity index (χ1v) is 7.34. The molecule has 1 aromatic heterocycles. The van der Waals surface area contributed by atoms with Crippen LogP contribution >= 0.6 is 0 Å². The molecule has 1 saturated heterocycles. The van der Waals surface area contributed by atoms with Gasteiger partial charge in [0.25, 0.3) is 0 Å². The molecule has 2 aromatic rings. The molecular weight excluding hydrogens is 266 g/mol. The maximum Gasteiger partial charge on any atom is 0.231 e. The van der Waals surface area contributed by atoms with Gasteiger partial charge in [-0.25, -0.2) is 0 Å². The van der Waals surface area contributed by atoms with Crippen molar-refractivity contribution in [2.24, 2.45) is 0 Å². The van der Waals surface area contributed by atoms with Crippen molar-refractivity contribution in [2.45, 2.75) is 32.1 Å². The number of amides is 1. The van der Waals surface area contributed by atoms with Crippen molar-refractivity contribution >= 4 is 5.91 Å². The third-order valence-corrected chi connectivity index (χ3v) is 3.86. The smallest absolute Gasteiger partial charge is 0.231 e. The maximum absolute atomic E-state index is 12.4. The maximum atomic E-state index is 12.4. The van der Waals surface area contributed by atoms with E-state index in [0.717, 1.165) is 24.9 Å². The molecule has 1 aliphatic rings. The van der Waals surface area contributed by atoms with E-state index in [1.54, 1.807) is 0 Å². The van der Waals surface area contributed by atoms with Crippen LogP contribution in [0.5, 0.6) is 0 Å². The lowest BCUT2D eigenvalue weighted by Gasteiger charge is -2.31. The summed E-state index contributed by atoms with van der Waals surface area (Å²) in [6.07, 6.45) is 2.43. The first-order valence-electron chi connectivity index (χ1n) is 7.34. The molecule has 1 fully saturated rings. The second-order valence-corrected chi connectivity index (χ2v) is 5.52. The van der Waals surface area contributed by atoms with Crippen LogP contribution in [0, 0.1) is 6.92 Å². The van der Waals surface area contributed by atoms with Crippen LogP contribution < -0.4 is 0 Å². The van der Waals surface area contributed by atoms with Gasteiger partial charge in [0.2, 0.25) is 11.8 Å². The molecule has 0 saturated carbocycles. The Bertz CT molecular complexity index is 609. The third-order valence-electron chi connectivity index (χ3n) is 3.86. The number of rotatable bonds is 3. The lowest BCUT2D eigenvalue weighted by molar-refractivity contribution is -0.131. The topological polar surface area (TPSA) is 59.2 Å². The van der Waals surface area contributed by atoms with Gasteiger partial charge in [0, 0.05) is 13.1 Å². The Morgan fingerprint density at radius 2 is 2.19 bits per heavy atom. The molecule has 0 unspecified atom stereocenters. The summed E-state index contributed by atoms with van der Waals surface area (Å²) in [6.45, 7) is 3.30. The normalized spacial score (nSPS) is 18.7. The highest BCUT2D eigenvalue weighted by Crippen LogP contribution is 2.26. The first kappa shape index (κ1) is 13.8. The minimum Gasteiger partial charge on any atom is -0.342 e. The molecule has 1 atom stereocenters. The Kier molecular flexibility index (Phi) is 3.99. The van der Waals surface area contributed by atoms with Crippen molar-refractivity contribution in [1.29, 1.82) is 0 Å². The molecular formula is C16H19N3O2. The SMILES string of the molecule is Cc1noc([C@H]2CCCN(C(=O)Cc3ccccc3)C2)n1. The summed E-state index contributed by atoms with van der Waals surface area (Å²) in [4.78, 5) is 18.6. The van der Waals surface area contributed by atoms with Crippen LogP contribution in [0.3, 0.4) is 0 Å². The van der Waals surface area contributed by atoms with Gasteiger partial charge in [0.05, 0.1) is 12.3 Å². The standard InChI is InChI=1S/C16H19N3O2/c1-12-17-16(21-18-12)14-8-5-9-19(11-14)15(20)10-13-6-3-2-4-7-13/h2-4,6-7,14H,5,8-11H2,1H3/t14-/m0/s1. The van der Waals surface area contributed by atoms with Gasteiger partial charge in [-0.15, -0.1) is 0 Å². The summed E-state index contributed by atoms with van der Waals surface area (Å²) < 4.78 is 5.25. The van der Waals surface area contributed by atoms with E-state index < -0.39 is 0 Å². The molecule has 5 nitrogen and oxygen atoms in total. The van der Waals surface area contributed by atoms with E-state index in [-0.39, 0.29) is 11.8 Å². The number of hydrogen-bond acceptors (Lipinski definition) is 4. The zero-order valence-corrected chi connectivity index (χ0v) is 12.2. The minimum absolute atomic E-state index is 0.166. The van der Waals surface area contributed by atoms with Gasteiger partial charge in [-0.2, -0.15) is 4.98 Å². The number of piperidine rings is 1. The van der Waals surface area contributed by atoms with Gasteiger partial charge in [-0.3, -0.25) is 4.79 Å². The van der Waals surface area contributed by atoms with E-state index in [9.17, 15) is 4.79 Å². The average Bonchev–Trinajstić information content (AvgIpc) is 2.95. The van der Waals surface area contributed by atoms with E-state index in [2.05, 4.69) is 10.1 Å². The zero-order valence-electron chi connectivity index (χ0n) is 12.2. The van der Waals surface area contributed by atoms with E-state index in [1.807, 2.05) is 42.2 Å². The Labute approximate surface area is 124 Å². The Hall–Kier alpha value is -2.17. The fraction of sp³-hybridized carbons (Fsp3) is 0.438. The van der Waals surface area contributed by atoms with Crippen LogP contribution in [0.25, 0.3) is 0 Å². The fourth-order valence-corrected chi connectivity index (χ4v) is 2.77. The quantitative estimate of drug-likeness (QED) is 0.868. The van der Waals surface area contributed by atoms with Gasteiger partial charge < -0.3 is 9.42 Å². The highest BCUT2D eigenvalue weighted by molar-refractivity contribution is 5.78. The first-order chi connectivity index (χ1) is 10.2. The number of aryl methyl sites for hydroxylation is 1. The van der Waals surface area contributed by atoms with Gasteiger partial charge in [0.15, 0.2) is 5.82 Å². The minimum atomic E-state index is 0.166. The predicted molar refractivity (Wildman–Crippen MR) is 77.7 cm³/mol. The Morgan fingerprint density at radius 1 is 1.38 bits per heavy atom. The second-order valence-electron chi connectivity index (χ2n) is 5.52. The predicted octanol–water partition coefficient (Wildman–Crippen LogP) is 2.33. The zero-order chi connectivity index (χ0) is 14.7. The van der Waals surface area contributed by atoms with E-state index in [0.29, 0.717) is 24.7 Å².